The zero-order chi connectivity index (χ0) is 29.3. The van der Waals surface area contributed by atoms with E-state index in [9.17, 15) is 26.3 Å². The van der Waals surface area contributed by atoms with Crippen molar-refractivity contribution in [1.29, 1.82) is 0 Å². The van der Waals surface area contributed by atoms with E-state index < -0.39 is 24.3 Å². The minimum atomic E-state index is -5.08. The second-order valence-corrected chi connectivity index (χ2v) is 8.56. The molecule has 17 heteroatoms. The fraction of sp³-hybridized carbons (Fsp3) is 0.545. The molecule has 1 unspecified atom stereocenters. The molecule has 2 aliphatic rings. The van der Waals surface area contributed by atoms with Crippen LogP contribution in [0.5, 0.6) is 0 Å². The predicted molar refractivity (Wildman–Crippen MR) is 122 cm³/mol. The van der Waals surface area contributed by atoms with Crippen LogP contribution in [-0.4, -0.2) is 106 Å². The van der Waals surface area contributed by atoms with Gasteiger partial charge < -0.3 is 24.6 Å². The first-order chi connectivity index (χ1) is 18.1. The van der Waals surface area contributed by atoms with Crippen molar-refractivity contribution in [3.63, 3.8) is 0 Å². The third-order valence-corrected chi connectivity index (χ3v) is 5.34. The highest BCUT2D eigenvalue weighted by Crippen LogP contribution is 2.26. The Morgan fingerprint density at radius 3 is 2.18 bits per heavy atom. The number of carboxylic acids is 2. The van der Waals surface area contributed by atoms with Gasteiger partial charge in [0.2, 0.25) is 0 Å². The second kappa shape index (κ2) is 13.6. The molecule has 4 heterocycles. The number of aromatic nitrogens is 3. The average molecular weight is 571 g/mol. The fourth-order valence-electron chi connectivity index (χ4n) is 3.72. The highest BCUT2D eigenvalue weighted by molar-refractivity contribution is 5.73. The first-order valence-corrected chi connectivity index (χ1v) is 11.3. The lowest BCUT2D eigenvalue weighted by Crippen LogP contribution is -2.58. The van der Waals surface area contributed by atoms with E-state index in [1.165, 1.54) is 5.56 Å². The van der Waals surface area contributed by atoms with Crippen LogP contribution in [0, 0.1) is 0 Å². The van der Waals surface area contributed by atoms with E-state index >= 15 is 0 Å². The smallest absolute Gasteiger partial charge is 0.475 e. The van der Waals surface area contributed by atoms with Crippen LogP contribution in [0.4, 0.5) is 32.0 Å². The minimum Gasteiger partial charge on any atom is -0.475 e. The number of anilines is 1. The lowest BCUT2D eigenvalue weighted by atomic mass is 10.0. The molecule has 4 rings (SSSR count). The van der Waals surface area contributed by atoms with Gasteiger partial charge in [-0.3, -0.25) is 14.6 Å². The Morgan fingerprint density at radius 2 is 1.67 bits per heavy atom. The first-order valence-electron chi connectivity index (χ1n) is 11.3. The van der Waals surface area contributed by atoms with Crippen molar-refractivity contribution in [2.45, 2.75) is 24.5 Å². The molecule has 2 saturated heterocycles. The van der Waals surface area contributed by atoms with E-state index in [0.29, 0.717) is 13.2 Å². The van der Waals surface area contributed by atoms with Crippen LogP contribution in [0.2, 0.25) is 0 Å². The summed E-state index contributed by atoms with van der Waals surface area (Å²) in [6.45, 7) is 6.44. The number of carbonyl (C=O) groups is 2. The number of alkyl halides is 6. The highest BCUT2D eigenvalue weighted by atomic mass is 19.4. The Balaban J connectivity index is 0.000000317. The van der Waals surface area contributed by atoms with Crippen LogP contribution >= 0.6 is 0 Å². The number of aliphatic carboxylic acids is 2. The maximum absolute atomic E-state index is 10.6. The van der Waals surface area contributed by atoms with Crippen molar-refractivity contribution in [1.82, 2.24) is 19.7 Å². The van der Waals surface area contributed by atoms with Gasteiger partial charge in [-0.05, 0) is 12.1 Å². The molecule has 39 heavy (non-hydrogen) atoms. The van der Waals surface area contributed by atoms with Gasteiger partial charge in [-0.25, -0.2) is 9.59 Å². The molecule has 1 atom stereocenters. The maximum atomic E-state index is 10.6. The summed E-state index contributed by atoms with van der Waals surface area (Å²) in [5.74, 6) is -5.51. The number of pyridine rings is 1. The zero-order valence-electron chi connectivity index (χ0n) is 20.7. The average Bonchev–Trinajstić information content (AvgIpc) is 3.14. The quantitative estimate of drug-likeness (QED) is 0.529. The van der Waals surface area contributed by atoms with Crippen molar-refractivity contribution >= 4 is 17.6 Å². The molecule has 11 nitrogen and oxygen atoms in total. The van der Waals surface area contributed by atoms with Gasteiger partial charge in [0.05, 0.1) is 44.4 Å². The second-order valence-electron chi connectivity index (χ2n) is 8.56. The molecule has 218 valence electrons. The molecule has 0 amide bonds. The van der Waals surface area contributed by atoms with Crippen LogP contribution in [-0.2, 0) is 32.7 Å². The Kier molecular flexibility index (Phi) is 11.1. The van der Waals surface area contributed by atoms with Gasteiger partial charge in [-0.1, -0.05) is 0 Å². The van der Waals surface area contributed by atoms with Crippen molar-refractivity contribution in [3.05, 3.63) is 42.5 Å². The van der Waals surface area contributed by atoms with Crippen LogP contribution in [0.25, 0.3) is 0 Å². The number of ether oxygens (including phenoxy) is 2. The zero-order valence-corrected chi connectivity index (χ0v) is 20.7. The van der Waals surface area contributed by atoms with E-state index in [0.717, 1.165) is 45.0 Å². The standard InChI is InChI=1S/C18H25N5O2.2C2HF3O2/c1-21-11-16(9-20-21)12-22-5-8-25-18(13-22)14-23(6-7-24-15-18)17-3-2-4-19-10-17;2*3-2(4,5)1(6)7/h2-4,9-11H,5-8,12-15H2,1H3;2*(H,6,7). The van der Waals surface area contributed by atoms with Gasteiger partial charge in [0.15, 0.2) is 0 Å². The molecule has 0 bridgehead atoms. The van der Waals surface area contributed by atoms with Crippen molar-refractivity contribution in [2.24, 2.45) is 7.05 Å². The van der Waals surface area contributed by atoms with Crippen LogP contribution in [0.1, 0.15) is 5.56 Å². The van der Waals surface area contributed by atoms with Crippen LogP contribution < -0.4 is 4.90 Å². The van der Waals surface area contributed by atoms with Crippen molar-refractivity contribution in [2.75, 3.05) is 50.9 Å². The molecule has 0 saturated carbocycles. The molecule has 2 aromatic rings. The first kappa shape index (κ1) is 31.8. The summed E-state index contributed by atoms with van der Waals surface area (Å²) < 4.78 is 77.5. The molecular weight excluding hydrogens is 544 g/mol. The molecule has 0 aliphatic carbocycles. The van der Waals surface area contributed by atoms with Gasteiger partial charge in [-0.2, -0.15) is 31.4 Å². The number of hydrogen-bond acceptors (Lipinski definition) is 8. The normalized spacial score (nSPS) is 20.2. The molecule has 1 spiro atoms. The summed E-state index contributed by atoms with van der Waals surface area (Å²) in [4.78, 5) is 26.8. The number of carboxylic acid groups (broad SMARTS) is 2. The number of aryl methyl sites for hydroxylation is 1. The summed E-state index contributed by atoms with van der Waals surface area (Å²) in [5, 5.41) is 18.5. The van der Waals surface area contributed by atoms with Crippen molar-refractivity contribution in [3.8, 4) is 0 Å². The van der Waals surface area contributed by atoms with Gasteiger partial charge >= 0.3 is 24.3 Å². The fourth-order valence-corrected chi connectivity index (χ4v) is 3.72. The number of rotatable bonds is 3. The number of halogens is 6. The van der Waals surface area contributed by atoms with Crippen molar-refractivity contribution < 1.29 is 55.6 Å². The topological polar surface area (TPSA) is 130 Å². The van der Waals surface area contributed by atoms with E-state index in [2.05, 4.69) is 32.1 Å². The lowest BCUT2D eigenvalue weighted by Gasteiger charge is -2.43. The summed E-state index contributed by atoms with van der Waals surface area (Å²) in [7, 11) is 1.95. The summed E-state index contributed by atoms with van der Waals surface area (Å²) in [5.41, 5.74) is 2.06. The number of hydrogen-bond donors (Lipinski definition) is 2. The minimum absolute atomic E-state index is 0.299. The Labute approximate surface area is 218 Å². The molecule has 2 N–H and O–H groups in total. The Morgan fingerprint density at radius 1 is 1.03 bits per heavy atom. The van der Waals surface area contributed by atoms with Gasteiger partial charge in [-0.15, -0.1) is 0 Å². The van der Waals surface area contributed by atoms with E-state index in [1.807, 2.05) is 30.2 Å². The molecule has 2 aromatic heterocycles. The molecule has 0 aromatic carbocycles. The number of nitrogens with zero attached hydrogens (tertiary/aromatic N) is 5. The third-order valence-electron chi connectivity index (χ3n) is 5.34. The SMILES string of the molecule is Cn1cc(CN2CCOC3(COCCN(c4cccnc4)C3)C2)cn1.O=C(O)C(F)(F)F.O=C(O)C(F)(F)F. The third kappa shape index (κ3) is 10.7. The van der Waals surface area contributed by atoms with Gasteiger partial charge in [0.25, 0.3) is 0 Å². The molecule has 0 radical (unpaired) electrons. The maximum Gasteiger partial charge on any atom is 0.490 e. The summed E-state index contributed by atoms with van der Waals surface area (Å²) in [6.07, 6.45) is -2.43. The number of morpholine rings is 1. The van der Waals surface area contributed by atoms with E-state index in [4.69, 9.17) is 29.3 Å². The lowest BCUT2D eigenvalue weighted by molar-refractivity contribution is -0.193. The van der Waals surface area contributed by atoms with Gasteiger partial charge in [0.1, 0.15) is 5.60 Å². The van der Waals surface area contributed by atoms with Gasteiger partial charge in [0, 0.05) is 51.2 Å². The van der Waals surface area contributed by atoms with Crippen LogP contribution in [0.3, 0.4) is 0 Å². The monoisotopic (exact) mass is 571 g/mol. The molecular formula is C22H27F6N5O6. The molecule has 2 aliphatic heterocycles. The molecule has 2 fully saturated rings. The summed E-state index contributed by atoms with van der Waals surface area (Å²) >= 11 is 0. The Hall–Kier alpha value is -3.44. The van der Waals surface area contributed by atoms with E-state index in [1.54, 1.807) is 6.20 Å². The predicted octanol–water partition coefficient (Wildman–Crippen LogP) is 2.19. The van der Waals surface area contributed by atoms with Crippen LogP contribution in [0.15, 0.2) is 36.9 Å². The van der Waals surface area contributed by atoms with E-state index in [-0.39, 0.29) is 5.60 Å². The highest BCUT2D eigenvalue weighted by Gasteiger charge is 2.41. The largest absolute Gasteiger partial charge is 0.490 e. The summed E-state index contributed by atoms with van der Waals surface area (Å²) in [6, 6.07) is 4.08. The Bertz CT molecular complexity index is 1040.